The van der Waals surface area contributed by atoms with Crippen molar-refractivity contribution < 1.29 is 4.74 Å². The molecule has 0 fully saturated rings. The van der Waals surface area contributed by atoms with Crippen molar-refractivity contribution in [1.29, 1.82) is 5.26 Å². The molecule has 0 bridgehead atoms. The van der Waals surface area contributed by atoms with Gasteiger partial charge in [-0.2, -0.15) is 5.26 Å². The number of rotatable bonds is 5. The van der Waals surface area contributed by atoms with Crippen LogP contribution >= 0.6 is 0 Å². The minimum atomic E-state index is 0.472. The molecule has 0 aliphatic heterocycles. The van der Waals surface area contributed by atoms with Crippen LogP contribution in [0.2, 0.25) is 0 Å². The molecule has 0 amide bonds. The predicted molar refractivity (Wildman–Crippen MR) is 116 cm³/mol. The summed E-state index contributed by atoms with van der Waals surface area (Å²) in [5, 5.41) is 9.80. The molecule has 0 N–H and O–H groups in total. The summed E-state index contributed by atoms with van der Waals surface area (Å²) < 4.78 is 8.00. The number of para-hydroxylation sites is 3. The molecule has 0 aliphatic carbocycles. The second-order valence-electron chi connectivity index (χ2n) is 6.97. The number of nitrogens with zero attached hydrogens (tertiary/aromatic N) is 3. The van der Waals surface area contributed by atoms with E-state index in [4.69, 9.17) is 4.74 Å². The standard InChI is InChI=1S/C25H21N3O/c1-18-11-13-19(14-12-18)17-29-24-10-6-3-7-20(24)15-21(16-26)25-27-22-8-4-5-9-23(22)28(25)2/h3-15H,17H2,1-2H3/b21-15-. The Morgan fingerprint density at radius 3 is 2.52 bits per heavy atom. The zero-order chi connectivity index (χ0) is 20.2. The molecule has 142 valence electrons. The van der Waals surface area contributed by atoms with Crippen molar-refractivity contribution in [3.05, 3.63) is 95.3 Å². The van der Waals surface area contributed by atoms with Crippen molar-refractivity contribution >= 4 is 22.7 Å². The normalized spacial score (nSPS) is 11.4. The van der Waals surface area contributed by atoms with Gasteiger partial charge in [0.2, 0.25) is 0 Å². The highest BCUT2D eigenvalue weighted by Crippen LogP contribution is 2.26. The monoisotopic (exact) mass is 379 g/mol. The number of hydrogen-bond acceptors (Lipinski definition) is 3. The Hall–Kier alpha value is -3.84. The summed E-state index contributed by atoms with van der Waals surface area (Å²) in [4.78, 5) is 4.64. The Kier molecular flexibility index (Phi) is 5.13. The highest BCUT2D eigenvalue weighted by atomic mass is 16.5. The van der Waals surface area contributed by atoms with E-state index in [0.717, 1.165) is 27.9 Å². The molecule has 1 aromatic heterocycles. The van der Waals surface area contributed by atoms with Crippen LogP contribution in [0.25, 0.3) is 22.7 Å². The van der Waals surface area contributed by atoms with Crippen molar-refractivity contribution in [2.24, 2.45) is 7.05 Å². The quantitative estimate of drug-likeness (QED) is 0.429. The Morgan fingerprint density at radius 1 is 1.03 bits per heavy atom. The van der Waals surface area contributed by atoms with E-state index in [-0.39, 0.29) is 0 Å². The number of benzene rings is 3. The molecule has 0 saturated heterocycles. The van der Waals surface area contributed by atoms with E-state index >= 15 is 0 Å². The van der Waals surface area contributed by atoms with Crippen LogP contribution in [-0.2, 0) is 13.7 Å². The van der Waals surface area contributed by atoms with Crippen molar-refractivity contribution in [1.82, 2.24) is 9.55 Å². The minimum absolute atomic E-state index is 0.472. The lowest BCUT2D eigenvalue weighted by Crippen LogP contribution is -1.98. The number of imidazole rings is 1. The molecule has 4 nitrogen and oxygen atoms in total. The summed E-state index contributed by atoms with van der Waals surface area (Å²) in [5.41, 5.74) is 5.53. The molecule has 4 rings (SSSR count). The number of allylic oxidation sites excluding steroid dienone is 1. The summed E-state index contributed by atoms with van der Waals surface area (Å²) in [7, 11) is 1.93. The van der Waals surface area contributed by atoms with Crippen LogP contribution in [-0.4, -0.2) is 9.55 Å². The average Bonchev–Trinajstić information content (AvgIpc) is 3.09. The Balaban J connectivity index is 1.66. The zero-order valence-electron chi connectivity index (χ0n) is 16.5. The van der Waals surface area contributed by atoms with Gasteiger partial charge in [0, 0.05) is 12.6 Å². The van der Waals surface area contributed by atoms with Crippen LogP contribution in [0.15, 0.2) is 72.8 Å². The maximum Gasteiger partial charge on any atom is 0.151 e. The van der Waals surface area contributed by atoms with E-state index in [2.05, 4.69) is 42.2 Å². The first-order valence-electron chi connectivity index (χ1n) is 9.47. The molecular formula is C25H21N3O. The van der Waals surface area contributed by atoms with Crippen molar-refractivity contribution in [3.63, 3.8) is 0 Å². The van der Waals surface area contributed by atoms with Gasteiger partial charge in [-0.15, -0.1) is 0 Å². The topological polar surface area (TPSA) is 50.8 Å². The minimum Gasteiger partial charge on any atom is -0.488 e. The summed E-state index contributed by atoms with van der Waals surface area (Å²) in [5.74, 6) is 1.38. The van der Waals surface area contributed by atoms with Crippen molar-refractivity contribution in [3.8, 4) is 11.8 Å². The van der Waals surface area contributed by atoms with Gasteiger partial charge in [0.05, 0.1) is 16.6 Å². The Bertz CT molecular complexity index is 1230. The maximum atomic E-state index is 9.80. The van der Waals surface area contributed by atoms with Crippen LogP contribution in [0.1, 0.15) is 22.5 Å². The van der Waals surface area contributed by atoms with Crippen molar-refractivity contribution in [2.45, 2.75) is 13.5 Å². The second kappa shape index (κ2) is 8.04. The predicted octanol–water partition coefficient (Wildman–Crippen LogP) is 5.52. The Morgan fingerprint density at radius 2 is 1.76 bits per heavy atom. The summed E-state index contributed by atoms with van der Waals surface area (Å²) in [6, 6.07) is 26.2. The third kappa shape index (κ3) is 3.90. The van der Waals surface area contributed by atoms with Crippen LogP contribution < -0.4 is 4.74 Å². The second-order valence-corrected chi connectivity index (χ2v) is 6.97. The lowest BCUT2D eigenvalue weighted by Gasteiger charge is -2.10. The van der Waals surface area contributed by atoms with Crippen molar-refractivity contribution in [2.75, 3.05) is 0 Å². The molecule has 0 aliphatic rings. The lowest BCUT2D eigenvalue weighted by atomic mass is 10.1. The molecule has 0 unspecified atom stereocenters. The first-order valence-corrected chi connectivity index (χ1v) is 9.47. The molecule has 4 heteroatoms. The highest BCUT2D eigenvalue weighted by Gasteiger charge is 2.13. The zero-order valence-corrected chi connectivity index (χ0v) is 16.5. The number of fused-ring (bicyclic) bond motifs is 1. The number of nitriles is 1. The molecule has 1 heterocycles. The van der Waals surface area contributed by atoms with Crippen LogP contribution in [0.5, 0.6) is 5.75 Å². The van der Waals surface area contributed by atoms with Gasteiger partial charge in [-0.1, -0.05) is 60.2 Å². The van der Waals surface area contributed by atoms with Gasteiger partial charge >= 0.3 is 0 Å². The fourth-order valence-corrected chi connectivity index (χ4v) is 3.27. The average molecular weight is 379 g/mol. The number of aromatic nitrogens is 2. The molecule has 0 atom stereocenters. The van der Waals surface area contributed by atoms with Gasteiger partial charge < -0.3 is 9.30 Å². The van der Waals surface area contributed by atoms with E-state index in [9.17, 15) is 5.26 Å². The van der Waals surface area contributed by atoms with Crippen LogP contribution in [0.4, 0.5) is 0 Å². The third-order valence-corrected chi connectivity index (χ3v) is 4.88. The third-order valence-electron chi connectivity index (χ3n) is 4.88. The summed E-state index contributed by atoms with van der Waals surface area (Å²) >= 11 is 0. The number of ether oxygens (including phenoxy) is 1. The molecule has 3 aromatic carbocycles. The molecule has 4 aromatic rings. The van der Waals surface area contributed by atoms with E-state index in [1.54, 1.807) is 0 Å². The van der Waals surface area contributed by atoms with Gasteiger partial charge in [0.25, 0.3) is 0 Å². The molecule has 0 saturated carbocycles. The first-order chi connectivity index (χ1) is 14.2. The maximum absolute atomic E-state index is 9.80. The fourth-order valence-electron chi connectivity index (χ4n) is 3.27. The first kappa shape index (κ1) is 18.5. The molecule has 0 radical (unpaired) electrons. The number of aryl methyl sites for hydroxylation is 2. The van der Waals surface area contributed by atoms with Crippen LogP contribution in [0, 0.1) is 18.3 Å². The molecule has 0 spiro atoms. The van der Waals surface area contributed by atoms with Gasteiger partial charge in [0.15, 0.2) is 5.82 Å². The molecule has 29 heavy (non-hydrogen) atoms. The SMILES string of the molecule is Cc1ccc(COc2ccccc2/C=C(/C#N)c2nc3ccccc3n2C)cc1. The van der Waals surface area contributed by atoms with E-state index in [1.807, 2.05) is 66.2 Å². The van der Waals surface area contributed by atoms with Gasteiger partial charge in [-0.25, -0.2) is 4.98 Å². The van der Waals surface area contributed by atoms with Gasteiger partial charge in [-0.05, 0) is 36.8 Å². The van der Waals surface area contributed by atoms with E-state index in [1.165, 1.54) is 5.56 Å². The molecular weight excluding hydrogens is 358 g/mol. The number of hydrogen-bond donors (Lipinski definition) is 0. The highest BCUT2D eigenvalue weighted by molar-refractivity contribution is 5.91. The van der Waals surface area contributed by atoms with Gasteiger partial charge in [0.1, 0.15) is 18.4 Å². The largest absolute Gasteiger partial charge is 0.488 e. The summed E-state index contributed by atoms with van der Waals surface area (Å²) in [6.45, 7) is 2.54. The summed E-state index contributed by atoms with van der Waals surface area (Å²) in [6.07, 6.45) is 1.84. The van der Waals surface area contributed by atoms with E-state index < -0.39 is 0 Å². The fraction of sp³-hybridized carbons (Fsp3) is 0.120. The van der Waals surface area contributed by atoms with Crippen LogP contribution in [0.3, 0.4) is 0 Å². The smallest absolute Gasteiger partial charge is 0.151 e. The Labute approximate surface area is 170 Å². The van der Waals surface area contributed by atoms with Gasteiger partial charge in [-0.3, -0.25) is 0 Å². The lowest BCUT2D eigenvalue weighted by molar-refractivity contribution is 0.305. The van der Waals surface area contributed by atoms with E-state index in [0.29, 0.717) is 18.0 Å².